The average Bonchev–Trinajstić information content (AvgIpc) is 2.82. The maximum absolute atomic E-state index is 12.8. The topological polar surface area (TPSA) is 64.6 Å². The molecule has 2 aromatic carbocycles. The van der Waals surface area contributed by atoms with Crippen molar-refractivity contribution in [1.29, 1.82) is 0 Å². The summed E-state index contributed by atoms with van der Waals surface area (Å²) in [5.74, 6) is -0.0269. The Bertz CT molecular complexity index is 860. The predicted molar refractivity (Wildman–Crippen MR) is 128 cm³/mol. The van der Waals surface area contributed by atoms with Crippen molar-refractivity contribution in [2.24, 2.45) is 0 Å². The standard InChI is InChI=1S/C26H36N2O4/c1-5-8-11-19-31-24-13-10-9-12-23(24)25(29)27-22-16-14-21(15-17-22)26(30)32-20-18-28(4,6-2)7-3/h9-10,12-17H,5-8,11,18-20H2,1-4H3/p+1. The lowest BCUT2D eigenvalue weighted by atomic mass is 10.1. The first-order valence-corrected chi connectivity index (χ1v) is 11.6. The zero-order valence-electron chi connectivity index (χ0n) is 19.9. The summed E-state index contributed by atoms with van der Waals surface area (Å²) in [5.41, 5.74) is 1.55. The molecule has 1 amide bonds. The lowest BCUT2D eigenvalue weighted by molar-refractivity contribution is -0.906. The van der Waals surface area contributed by atoms with E-state index in [0.29, 0.717) is 35.8 Å². The third kappa shape index (κ3) is 7.68. The highest BCUT2D eigenvalue weighted by atomic mass is 16.5. The molecule has 0 saturated heterocycles. The number of rotatable bonds is 13. The van der Waals surface area contributed by atoms with Gasteiger partial charge in [0.2, 0.25) is 0 Å². The molecule has 0 atom stereocenters. The van der Waals surface area contributed by atoms with Crippen molar-refractivity contribution in [1.82, 2.24) is 0 Å². The lowest BCUT2D eigenvalue weighted by Gasteiger charge is -2.31. The number of anilines is 1. The Labute approximate surface area is 192 Å². The van der Waals surface area contributed by atoms with Crippen LogP contribution in [0.3, 0.4) is 0 Å². The van der Waals surface area contributed by atoms with Crippen LogP contribution in [0.4, 0.5) is 5.69 Å². The molecule has 0 aliphatic carbocycles. The first-order valence-electron chi connectivity index (χ1n) is 11.6. The van der Waals surface area contributed by atoms with Crippen molar-refractivity contribution in [2.75, 3.05) is 45.2 Å². The fourth-order valence-corrected chi connectivity index (χ4v) is 3.18. The zero-order valence-corrected chi connectivity index (χ0v) is 19.9. The Balaban J connectivity index is 1.92. The maximum atomic E-state index is 12.8. The van der Waals surface area contributed by atoms with Crippen LogP contribution in [0.25, 0.3) is 0 Å². The van der Waals surface area contributed by atoms with E-state index in [1.165, 1.54) is 0 Å². The van der Waals surface area contributed by atoms with Gasteiger partial charge in [-0.3, -0.25) is 4.79 Å². The Morgan fingerprint density at radius 1 is 0.906 bits per heavy atom. The summed E-state index contributed by atoms with van der Waals surface area (Å²) in [6.07, 6.45) is 3.17. The van der Waals surface area contributed by atoms with Crippen LogP contribution in [0.15, 0.2) is 48.5 Å². The second-order valence-corrected chi connectivity index (χ2v) is 8.19. The number of quaternary nitrogens is 1. The molecule has 1 N–H and O–H groups in total. The van der Waals surface area contributed by atoms with Gasteiger partial charge in [0, 0.05) is 5.69 Å². The van der Waals surface area contributed by atoms with Gasteiger partial charge in [-0.1, -0.05) is 31.9 Å². The van der Waals surface area contributed by atoms with Crippen LogP contribution < -0.4 is 10.1 Å². The van der Waals surface area contributed by atoms with Gasteiger partial charge in [0.25, 0.3) is 5.91 Å². The molecule has 0 spiro atoms. The van der Waals surface area contributed by atoms with E-state index in [1.807, 2.05) is 12.1 Å². The Hall–Kier alpha value is -2.86. The number of carbonyl (C=O) groups is 2. The Morgan fingerprint density at radius 3 is 2.25 bits per heavy atom. The van der Waals surface area contributed by atoms with Crippen LogP contribution >= 0.6 is 0 Å². The number of hydrogen-bond acceptors (Lipinski definition) is 4. The Kier molecular flexibility index (Phi) is 10.2. The van der Waals surface area contributed by atoms with Crippen molar-refractivity contribution in [2.45, 2.75) is 40.0 Å². The van der Waals surface area contributed by atoms with Crippen molar-refractivity contribution < 1.29 is 23.5 Å². The first kappa shape index (κ1) is 25.4. The van der Waals surface area contributed by atoms with Crippen LogP contribution in [0, 0.1) is 0 Å². The number of esters is 1. The lowest BCUT2D eigenvalue weighted by Crippen LogP contribution is -2.46. The molecule has 6 nitrogen and oxygen atoms in total. The minimum Gasteiger partial charge on any atom is -0.493 e. The van der Waals surface area contributed by atoms with Crippen molar-refractivity contribution >= 4 is 17.6 Å². The van der Waals surface area contributed by atoms with Crippen LogP contribution in [0.1, 0.15) is 60.7 Å². The van der Waals surface area contributed by atoms with Gasteiger partial charge < -0.3 is 19.3 Å². The summed E-state index contributed by atoms with van der Waals surface area (Å²) in [5, 5.41) is 2.87. The van der Waals surface area contributed by atoms with E-state index in [9.17, 15) is 9.59 Å². The summed E-state index contributed by atoms with van der Waals surface area (Å²) in [7, 11) is 2.15. The number of carbonyl (C=O) groups excluding carboxylic acids is 2. The molecule has 2 rings (SSSR count). The summed E-state index contributed by atoms with van der Waals surface area (Å²) in [4.78, 5) is 25.1. The van der Waals surface area contributed by atoms with Crippen LogP contribution in [0.2, 0.25) is 0 Å². The molecule has 0 unspecified atom stereocenters. The summed E-state index contributed by atoms with van der Waals surface area (Å²) in [6, 6.07) is 14.0. The molecule has 0 bridgehead atoms. The van der Waals surface area contributed by atoms with Gasteiger partial charge in [-0.15, -0.1) is 0 Å². The van der Waals surface area contributed by atoms with Gasteiger partial charge in [-0.25, -0.2) is 4.79 Å². The van der Waals surface area contributed by atoms with Crippen LogP contribution in [-0.2, 0) is 4.74 Å². The number of unbranched alkanes of at least 4 members (excludes halogenated alkanes) is 2. The molecule has 0 aliphatic heterocycles. The van der Waals surface area contributed by atoms with E-state index in [1.54, 1.807) is 36.4 Å². The number of amides is 1. The van der Waals surface area contributed by atoms with Crippen LogP contribution in [0.5, 0.6) is 5.75 Å². The summed E-state index contributed by atoms with van der Waals surface area (Å²) >= 11 is 0. The quantitative estimate of drug-likeness (QED) is 0.265. The molecule has 0 fully saturated rings. The predicted octanol–water partition coefficient (Wildman–Crippen LogP) is 5.15. The SMILES string of the molecule is CCCCCOc1ccccc1C(=O)Nc1ccc(C(=O)OCC[N+](C)(CC)CC)cc1. The average molecular weight is 442 g/mol. The fraction of sp³-hybridized carbons (Fsp3) is 0.462. The van der Waals surface area contributed by atoms with Crippen molar-refractivity contribution in [3.63, 3.8) is 0 Å². The van der Waals surface area contributed by atoms with E-state index in [2.05, 4.69) is 33.1 Å². The number of ether oxygens (including phenoxy) is 2. The highest BCUT2D eigenvalue weighted by Gasteiger charge is 2.18. The van der Waals surface area contributed by atoms with E-state index in [4.69, 9.17) is 9.47 Å². The molecular weight excluding hydrogens is 404 g/mol. The smallest absolute Gasteiger partial charge is 0.338 e. The highest BCUT2D eigenvalue weighted by Crippen LogP contribution is 2.20. The summed E-state index contributed by atoms with van der Waals surface area (Å²) < 4.78 is 12.1. The molecule has 0 radical (unpaired) electrons. The van der Waals surface area contributed by atoms with Crippen molar-refractivity contribution in [3.8, 4) is 5.75 Å². The summed E-state index contributed by atoms with van der Waals surface area (Å²) in [6.45, 7) is 10.1. The zero-order chi connectivity index (χ0) is 23.4. The maximum Gasteiger partial charge on any atom is 0.338 e. The van der Waals surface area contributed by atoms with Gasteiger partial charge in [0.1, 0.15) is 18.9 Å². The minimum atomic E-state index is -0.354. The molecule has 174 valence electrons. The second-order valence-electron chi connectivity index (χ2n) is 8.19. The van der Waals surface area contributed by atoms with Gasteiger partial charge >= 0.3 is 5.97 Å². The molecule has 2 aromatic rings. The van der Waals surface area contributed by atoms with E-state index < -0.39 is 0 Å². The second kappa shape index (κ2) is 12.9. The van der Waals surface area contributed by atoms with E-state index in [0.717, 1.165) is 43.4 Å². The first-order chi connectivity index (χ1) is 15.4. The van der Waals surface area contributed by atoms with Crippen molar-refractivity contribution in [3.05, 3.63) is 59.7 Å². The minimum absolute atomic E-state index is 0.248. The van der Waals surface area contributed by atoms with Gasteiger partial charge in [-0.2, -0.15) is 0 Å². The number of nitrogens with zero attached hydrogens (tertiary/aromatic N) is 1. The normalized spacial score (nSPS) is 11.1. The number of hydrogen-bond donors (Lipinski definition) is 1. The molecule has 0 heterocycles. The molecule has 32 heavy (non-hydrogen) atoms. The Morgan fingerprint density at radius 2 is 1.59 bits per heavy atom. The number of para-hydroxylation sites is 1. The van der Waals surface area contributed by atoms with E-state index >= 15 is 0 Å². The number of benzene rings is 2. The molecule has 6 heteroatoms. The van der Waals surface area contributed by atoms with Gasteiger partial charge in [0.15, 0.2) is 0 Å². The molecular formula is C26H37N2O4+. The fourth-order valence-electron chi connectivity index (χ4n) is 3.18. The molecule has 0 aliphatic rings. The monoisotopic (exact) mass is 441 g/mol. The largest absolute Gasteiger partial charge is 0.493 e. The molecule has 0 saturated carbocycles. The van der Waals surface area contributed by atoms with E-state index in [-0.39, 0.29) is 11.9 Å². The van der Waals surface area contributed by atoms with Crippen LogP contribution in [-0.4, -0.2) is 56.3 Å². The van der Waals surface area contributed by atoms with Gasteiger partial charge in [0.05, 0.1) is 37.9 Å². The number of likely N-dealkylation sites (N-methyl/N-ethyl adjacent to an activating group) is 1. The number of nitrogens with one attached hydrogen (secondary N) is 1. The highest BCUT2D eigenvalue weighted by molar-refractivity contribution is 6.06. The third-order valence-corrected chi connectivity index (χ3v) is 5.91. The van der Waals surface area contributed by atoms with Gasteiger partial charge in [-0.05, 0) is 56.7 Å². The third-order valence-electron chi connectivity index (χ3n) is 5.91. The molecule has 0 aromatic heterocycles.